The van der Waals surface area contributed by atoms with E-state index in [2.05, 4.69) is 52.2 Å². The van der Waals surface area contributed by atoms with Gasteiger partial charge in [0.1, 0.15) is 36.3 Å². The molecule has 22 heteroatoms. The number of nitrogens with one attached hydrogen (secondary N) is 9. The number of primary amides is 2. The number of para-hydroxylation sites is 2. The second kappa shape index (κ2) is 27.6. The molecule has 0 fully saturated rings. The first-order chi connectivity index (χ1) is 35.7. The van der Waals surface area contributed by atoms with E-state index in [0.717, 1.165) is 16.5 Å². The van der Waals surface area contributed by atoms with Crippen LogP contribution in [0.4, 0.5) is 5.69 Å². The molecule has 400 valence electrons. The summed E-state index contributed by atoms with van der Waals surface area (Å²) in [6.45, 7) is 8.86. The maximum absolute atomic E-state index is 14.3. The number of benzene rings is 3. The Morgan fingerprint density at radius 1 is 0.573 bits per heavy atom. The standard InChI is InChI=1S/C53H69N13O9/c1-29(2)21-41(46(56)68)63-52(74)42(22-30(3)4)65-53(75)44(25-34-27-57-28-59-34)64-48(70)36-16-10-12-18-39(36)61-47(69)31(5)60-51(73)43(24-33-26-58-38-17-11-9-15-35(33)38)66-50(72)40(19-20-45(55)67)62-49(71)37(54)23-32-13-7-6-8-14-32/h6-18,26-31,37,40-44,58H,19-25,54H2,1-5H3,(H2,55,67)(H2,56,68)(H,57,59)(H,60,73)(H,61,69)(H,62,71)(H,63,74)(H,64,70)(H,65,75)(H,66,72)/t31-,37+,40-,41-,42-,43-,44-/m0/s1. The Morgan fingerprint density at radius 2 is 1.15 bits per heavy atom. The number of amides is 9. The largest absolute Gasteiger partial charge is 0.370 e. The lowest BCUT2D eigenvalue weighted by molar-refractivity contribution is -0.133. The highest BCUT2D eigenvalue weighted by atomic mass is 16.2. The molecule has 0 aliphatic rings. The summed E-state index contributed by atoms with van der Waals surface area (Å²) in [5, 5.41) is 19.5. The summed E-state index contributed by atoms with van der Waals surface area (Å²) in [5.41, 5.74) is 19.9. The molecule has 0 unspecified atom stereocenters. The van der Waals surface area contributed by atoms with Gasteiger partial charge >= 0.3 is 0 Å². The molecule has 9 amide bonds. The minimum Gasteiger partial charge on any atom is -0.370 e. The van der Waals surface area contributed by atoms with Crippen molar-refractivity contribution in [3.05, 3.63) is 120 Å². The number of aromatic amines is 2. The van der Waals surface area contributed by atoms with E-state index in [-0.39, 0.29) is 68.0 Å². The number of fused-ring (bicyclic) bond motifs is 1. The third-order valence-electron chi connectivity index (χ3n) is 12.2. The molecule has 15 N–H and O–H groups in total. The maximum Gasteiger partial charge on any atom is 0.254 e. The van der Waals surface area contributed by atoms with Gasteiger partial charge in [0.05, 0.1) is 23.6 Å². The van der Waals surface area contributed by atoms with E-state index < -0.39 is 95.5 Å². The van der Waals surface area contributed by atoms with Crippen molar-refractivity contribution in [2.24, 2.45) is 29.0 Å². The van der Waals surface area contributed by atoms with Crippen LogP contribution in [0.25, 0.3) is 10.9 Å². The molecular formula is C53H69N13O9. The Morgan fingerprint density at radius 3 is 1.81 bits per heavy atom. The van der Waals surface area contributed by atoms with Gasteiger partial charge < -0.3 is 64.4 Å². The zero-order chi connectivity index (χ0) is 54.8. The number of nitrogens with zero attached hydrogens (tertiary/aromatic N) is 1. The summed E-state index contributed by atoms with van der Waals surface area (Å²) in [6, 6.07) is 13.9. The molecular weight excluding hydrogens is 963 g/mol. The average Bonchev–Trinajstić information content (AvgIpc) is 4.04. The molecule has 0 bridgehead atoms. The molecule has 0 saturated carbocycles. The first-order valence-corrected chi connectivity index (χ1v) is 24.8. The Kier molecular flexibility index (Phi) is 21.2. The van der Waals surface area contributed by atoms with Crippen molar-refractivity contribution in [2.75, 3.05) is 5.32 Å². The molecule has 5 aromatic rings. The Labute approximate surface area is 434 Å². The molecule has 2 aromatic heterocycles. The molecule has 0 saturated heterocycles. The first kappa shape index (κ1) is 57.5. The SMILES string of the molecule is CC(C)C[C@H](NC(=O)[C@H](CC(C)C)NC(=O)[C@H](Cc1cnc[nH]1)NC(=O)c1ccccc1NC(=O)[C@H](C)NC(=O)[C@H](Cc1c[nH]c2ccccc12)NC(=O)[C@H](CCC(N)=O)NC(=O)[C@H](N)Cc1ccccc1)C(N)=O. The van der Waals surface area contributed by atoms with Gasteiger partial charge in [-0.25, -0.2) is 4.98 Å². The third kappa shape index (κ3) is 17.7. The molecule has 0 aliphatic carbocycles. The zero-order valence-corrected chi connectivity index (χ0v) is 42.7. The monoisotopic (exact) mass is 1030 g/mol. The van der Waals surface area contributed by atoms with Crippen molar-refractivity contribution in [1.82, 2.24) is 46.9 Å². The number of H-pyrrole nitrogens is 2. The topological polar surface area (TPSA) is 360 Å². The number of aromatic nitrogens is 3. The molecule has 0 radical (unpaired) electrons. The minimum absolute atomic E-state index is 0.0173. The van der Waals surface area contributed by atoms with Gasteiger partial charge in [-0.15, -0.1) is 0 Å². The van der Waals surface area contributed by atoms with E-state index >= 15 is 0 Å². The fourth-order valence-corrected chi connectivity index (χ4v) is 8.23. The lowest BCUT2D eigenvalue weighted by atomic mass is 9.99. The van der Waals surface area contributed by atoms with Crippen LogP contribution in [-0.2, 0) is 57.6 Å². The van der Waals surface area contributed by atoms with Gasteiger partial charge in [0.2, 0.25) is 47.3 Å². The number of carbonyl (C=O) groups is 9. The highest BCUT2D eigenvalue weighted by molar-refractivity contribution is 6.07. The van der Waals surface area contributed by atoms with Crippen molar-refractivity contribution in [3.63, 3.8) is 0 Å². The normalized spacial score (nSPS) is 14.0. The molecule has 2 heterocycles. The summed E-state index contributed by atoms with van der Waals surface area (Å²) in [4.78, 5) is 132. The summed E-state index contributed by atoms with van der Waals surface area (Å²) in [6.07, 6.45) is 4.53. The van der Waals surface area contributed by atoms with Crippen LogP contribution in [-0.4, -0.2) is 110 Å². The van der Waals surface area contributed by atoms with Crippen LogP contribution < -0.4 is 54.4 Å². The number of hydrogen-bond donors (Lipinski definition) is 12. The van der Waals surface area contributed by atoms with Crippen LogP contribution in [0.5, 0.6) is 0 Å². The van der Waals surface area contributed by atoms with Crippen LogP contribution >= 0.6 is 0 Å². The third-order valence-corrected chi connectivity index (χ3v) is 12.2. The Balaban J connectivity index is 1.33. The van der Waals surface area contributed by atoms with E-state index in [1.165, 1.54) is 31.6 Å². The predicted molar refractivity (Wildman–Crippen MR) is 281 cm³/mol. The predicted octanol–water partition coefficient (Wildman–Crippen LogP) is 1.27. The average molecular weight is 1030 g/mol. The smallest absolute Gasteiger partial charge is 0.254 e. The molecule has 0 spiro atoms. The second-order valence-electron chi connectivity index (χ2n) is 19.3. The number of hydrogen-bond acceptors (Lipinski definition) is 11. The highest BCUT2D eigenvalue weighted by Crippen LogP contribution is 2.21. The first-order valence-electron chi connectivity index (χ1n) is 24.8. The lowest BCUT2D eigenvalue weighted by Gasteiger charge is -2.26. The van der Waals surface area contributed by atoms with E-state index in [0.29, 0.717) is 11.3 Å². The fraction of sp³-hybridized carbons (Fsp3) is 0.396. The van der Waals surface area contributed by atoms with Gasteiger partial charge in [-0.1, -0.05) is 88.4 Å². The van der Waals surface area contributed by atoms with Gasteiger partial charge in [-0.3, -0.25) is 43.2 Å². The van der Waals surface area contributed by atoms with Gasteiger partial charge in [-0.05, 0) is 73.8 Å². The maximum atomic E-state index is 14.3. The molecule has 3 aromatic carbocycles. The summed E-state index contributed by atoms with van der Waals surface area (Å²) < 4.78 is 0. The number of anilines is 1. The van der Waals surface area contributed by atoms with Crippen LogP contribution in [0.2, 0.25) is 0 Å². The quantitative estimate of drug-likeness (QED) is 0.0339. The van der Waals surface area contributed by atoms with Crippen molar-refractivity contribution in [3.8, 4) is 0 Å². The van der Waals surface area contributed by atoms with Crippen LogP contribution in [0.1, 0.15) is 87.5 Å². The van der Waals surface area contributed by atoms with Gasteiger partial charge in [0, 0.05) is 48.3 Å². The van der Waals surface area contributed by atoms with Crippen molar-refractivity contribution in [2.45, 2.75) is 122 Å². The summed E-state index contributed by atoms with van der Waals surface area (Å²) in [5.74, 6) is -6.67. The van der Waals surface area contributed by atoms with Crippen LogP contribution in [0, 0.1) is 11.8 Å². The van der Waals surface area contributed by atoms with E-state index in [1.54, 1.807) is 42.6 Å². The molecule has 5 rings (SSSR count). The van der Waals surface area contributed by atoms with E-state index in [9.17, 15) is 43.2 Å². The minimum atomic E-state index is -1.34. The van der Waals surface area contributed by atoms with Crippen molar-refractivity contribution in [1.29, 1.82) is 0 Å². The van der Waals surface area contributed by atoms with Crippen molar-refractivity contribution < 1.29 is 43.2 Å². The number of rotatable bonds is 28. The molecule has 75 heavy (non-hydrogen) atoms. The van der Waals surface area contributed by atoms with E-state index in [1.807, 2.05) is 58.0 Å². The van der Waals surface area contributed by atoms with Gasteiger partial charge in [0.15, 0.2) is 0 Å². The Hall–Kier alpha value is -8.40. The number of imidazole rings is 1. The Bertz CT molecular complexity index is 2780. The summed E-state index contributed by atoms with van der Waals surface area (Å²) in [7, 11) is 0. The van der Waals surface area contributed by atoms with Crippen molar-refractivity contribution >= 4 is 69.8 Å². The number of carbonyl (C=O) groups excluding carboxylic acids is 9. The van der Waals surface area contributed by atoms with Gasteiger partial charge in [-0.2, -0.15) is 0 Å². The number of nitrogens with two attached hydrogens (primary N) is 3. The summed E-state index contributed by atoms with van der Waals surface area (Å²) >= 11 is 0. The molecule has 7 atom stereocenters. The van der Waals surface area contributed by atoms with Gasteiger partial charge in [0.25, 0.3) is 5.91 Å². The van der Waals surface area contributed by atoms with Crippen LogP contribution in [0.3, 0.4) is 0 Å². The molecule has 0 aliphatic heterocycles. The second-order valence-corrected chi connectivity index (χ2v) is 19.3. The lowest BCUT2D eigenvalue weighted by Crippen LogP contribution is -2.58. The molecule has 22 nitrogen and oxygen atoms in total. The van der Waals surface area contributed by atoms with Crippen LogP contribution in [0.15, 0.2) is 97.6 Å². The fourth-order valence-electron chi connectivity index (χ4n) is 8.23. The van der Waals surface area contributed by atoms with E-state index in [4.69, 9.17) is 17.2 Å². The highest BCUT2D eigenvalue weighted by Gasteiger charge is 2.33. The zero-order valence-electron chi connectivity index (χ0n) is 42.7.